The number of hydrogen-bond acceptors (Lipinski definition) is 3. The van der Waals surface area contributed by atoms with Crippen LogP contribution in [0.4, 0.5) is 10.5 Å². The van der Waals surface area contributed by atoms with Crippen molar-refractivity contribution in [1.29, 1.82) is 0 Å². The number of carbonyl (C=O) groups is 1. The van der Waals surface area contributed by atoms with E-state index in [0.717, 1.165) is 30.8 Å². The molecule has 2 saturated heterocycles. The zero-order valence-corrected chi connectivity index (χ0v) is 11.5. The molecule has 1 amide bonds. The molecule has 0 aliphatic carbocycles. The second-order valence-corrected chi connectivity index (χ2v) is 5.74. The van der Waals surface area contributed by atoms with Gasteiger partial charge in [0.05, 0.1) is 12.2 Å². The van der Waals surface area contributed by atoms with Crippen LogP contribution in [0.3, 0.4) is 0 Å². The molecule has 2 fully saturated rings. The maximum atomic E-state index is 12.2. The maximum absolute atomic E-state index is 12.2. The predicted molar refractivity (Wildman–Crippen MR) is 74.4 cm³/mol. The first-order valence-corrected chi connectivity index (χ1v) is 6.87. The monoisotopic (exact) mass is 260 g/mol. The maximum Gasteiger partial charge on any atom is 0.415 e. The molecule has 1 aromatic carbocycles. The highest BCUT2D eigenvalue weighted by atomic mass is 16.6. The van der Waals surface area contributed by atoms with E-state index in [9.17, 15) is 4.79 Å². The third kappa shape index (κ3) is 2.10. The van der Waals surface area contributed by atoms with Crippen molar-refractivity contribution in [3.63, 3.8) is 0 Å². The molecule has 4 heteroatoms. The Kier molecular flexibility index (Phi) is 2.97. The standard InChI is InChI=1S/C15H20N2O2/c1-11-5-3-4-6-13(11)17-10-15(2,19-14(17)18)12-7-8-16-9-12/h3-6,12,16H,7-10H2,1-2H3. The number of para-hydroxylation sites is 1. The molecule has 19 heavy (non-hydrogen) atoms. The average molecular weight is 260 g/mol. The quantitative estimate of drug-likeness (QED) is 0.887. The van der Waals surface area contributed by atoms with Gasteiger partial charge in [0, 0.05) is 12.5 Å². The third-order valence-electron chi connectivity index (χ3n) is 4.34. The molecule has 0 bridgehead atoms. The molecule has 3 rings (SSSR count). The van der Waals surface area contributed by atoms with Gasteiger partial charge < -0.3 is 10.1 Å². The topological polar surface area (TPSA) is 41.6 Å². The zero-order valence-electron chi connectivity index (χ0n) is 11.5. The molecule has 1 aromatic rings. The Morgan fingerprint density at radius 3 is 2.89 bits per heavy atom. The summed E-state index contributed by atoms with van der Waals surface area (Å²) in [5.74, 6) is 0.408. The van der Waals surface area contributed by atoms with Crippen LogP contribution in [-0.4, -0.2) is 31.3 Å². The summed E-state index contributed by atoms with van der Waals surface area (Å²) in [6, 6.07) is 7.95. The molecule has 2 aliphatic heterocycles. The lowest BCUT2D eigenvalue weighted by Crippen LogP contribution is -2.40. The van der Waals surface area contributed by atoms with Gasteiger partial charge in [-0.1, -0.05) is 18.2 Å². The van der Waals surface area contributed by atoms with Crippen molar-refractivity contribution in [3.05, 3.63) is 29.8 Å². The van der Waals surface area contributed by atoms with Crippen molar-refractivity contribution in [3.8, 4) is 0 Å². The van der Waals surface area contributed by atoms with Gasteiger partial charge in [-0.3, -0.25) is 4.90 Å². The van der Waals surface area contributed by atoms with Crippen LogP contribution in [0.15, 0.2) is 24.3 Å². The zero-order chi connectivity index (χ0) is 13.5. The number of anilines is 1. The second-order valence-electron chi connectivity index (χ2n) is 5.74. The van der Waals surface area contributed by atoms with Crippen LogP contribution in [0.25, 0.3) is 0 Å². The minimum atomic E-state index is -0.372. The summed E-state index contributed by atoms with van der Waals surface area (Å²) in [7, 11) is 0. The minimum Gasteiger partial charge on any atom is -0.441 e. The first-order valence-electron chi connectivity index (χ1n) is 6.87. The lowest BCUT2D eigenvalue weighted by atomic mass is 9.88. The predicted octanol–water partition coefficient (Wildman–Crippen LogP) is 2.32. The van der Waals surface area contributed by atoms with Gasteiger partial charge in [0.25, 0.3) is 0 Å². The number of aryl methyl sites for hydroxylation is 1. The van der Waals surface area contributed by atoms with E-state index in [1.165, 1.54) is 0 Å². The van der Waals surface area contributed by atoms with Crippen molar-refractivity contribution in [2.24, 2.45) is 5.92 Å². The van der Waals surface area contributed by atoms with E-state index in [-0.39, 0.29) is 11.7 Å². The van der Waals surface area contributed by atoms with E-state index in [1.54, 1.807) is 4.90 Å². The molecule has 4 nitrogen and oxygen atoms in total. The number of ether oxygens (including phenoxy) is 1. The third-order valence-corrected chi connectivity index (χ3v) is 4.34. The Bertz CT molecular complexity index is 497. The molecule has 2 aliphatic rings. The number of rotatable bonds is 2. The van der Waals surface area contributed by atoms with Crippen LogP contribution in [0, 0.1) is 12.8 Å². The molecule has 1 N–H and O–H groups in total. The van der Waals surface area contributed by atoms with Crippen molar-refractivity contribution in [1.82, 2.24) is 5.32 Å². The number of carbonyl (C=O) groups excluding carboxylic acids is 1. The summed E-state index contributed by atoms with van der Waals surface area (Å²) < 4.78 is 5.70. The largest absolute Gasteiger partial charge is 0.441 e. The van der Waals surface area contributed by atoms with E-state index in [0.29, 0.717) is 12.5 Å². The van der Waals surface area contributed by atoms with Crippen molar-refractivity contribution in [2.75, 3.05) is 24.5 Å². The molecule has 2 atom stereocenters. The van der Waals surface area contributed by atoms with E-state index < -0.39 is 0 Å². The number of hydrogen-bond donors (Lipinski definition) is 1. The average Bonchev–Trinajstić information content (AvgIpc) is 2.99. The van der Waals surface area contributed by atoms with Crippen LogP contribution in [0.5, 0.6) is 0 Å². The minimum absolute atomic E-state index is 0.219. The SMILES string of the molecule is Cc1ccccc1N1CC(C)(C2CCNC2)OC1=O. The van der Waals surface area contributed by atoms with E-state index >= 15 is 0 Å². The number of amides is 1. The highest BCUT2D eigenvalue weighted by Crippen LogP contribution is 2.36. The summed E-state index contributed by atoms with van der Waals surface area (Å²) in [5, 5.41) is 3.35. The van der Waals surface area contributed by atoms with Gasteiger partial charge in [0.1, 0.15) is 5.60 Å². The summed E-state index contributed by atoms with van der Waals surface area (Å²) in [4.78, 5) is 14.0. The van der Waals surface area contributed by atoms with Gasteiger partial charge in [-0.2, -0.15) is 0 Å². The Labute approximate surface area is 113 Å². The summed E-state index contributed by atoms with van der Waals surface area (Å²) >= 11 is 0. The van der Waals surface area contributed by atoms with Crippen LogP contribution < -0.4 is 10.2 Å². The number of benzene rings is 1. The molecule has 2 heterocycles. The molecule has 102 valence electrons. The highest BCUT2D eigenvalue weighted by molar-refractivity contribution is 5.91. The second kappa shape index (κ2) is 4.53. The van der Waals surface area contributed by atoms with Crippen LogP contribution in [0.2, 0.25) is 0 Å². The first kappa shape index (κ1) is 12.5. The van der Waals surface area contributed by atoms with Gasteiger partial charge in [-0.15, -0.1) is 0 Å². The normalized spacial score (nSPS) is 30.7. The van der Waals surface area contributed by atoms with E-state index in [2.05, 4.69) is 12.2 Å². The van der Waals surface area contributed by atoms with Crippen LogP contribution >= 0.6 is 0 Å². The van der Waals surface area contributed by atoms with E-state index in [1.807, 2.05) is 31.2 Å². The van der Waals surface area contributed by atoms with Gasteiger partial charge >= 0.3 is 6.09 Å². The Morgan fingerprint density at radius 1 is 1.42 bits per heavy atom. The van der Waals surface area contributed by atoms with Crippen molar-refractivity contribution < 1.29 is 9.53 Å². The fourth-order valence-electron chi connectivity index (χ4n) is 3.10. The fourth-order valence-corrected chi connectivity index (χ4v) is 3.10. The molecular formula is C15H20N2O2. The smallest absolute Gasteiger partial charge is 0.415 e. The van der Waals surface area contributed by atoms with Crippen molar-refractivity contribution in [2.45, 2.75) is 25.9 Å². The molecule has 2 unspecified atom stereocenters. The van der Waals surface area contributed by atoms with Gasteiger partial charge in [-0.25, -0.2) is 4.79 Å². The Morgan fingerprint density at radius 2 is 2.21 bits per heavy atom. The molecule has 0 aromatic heterocycles. The number of cyclic esters (lactones) is 1. The molecular weight excluding hydrogens is 240 g/mol. The lowest BCUT2D eigenvalue weighted by Gasteiger charge is -2.28. The van der Waals surface area contributed by atoms with Crippen molar-refractivity contribution >= 4 is 11.8 Å². The lowest BCUT2D eigenvalue weighted by molar-refractivity contribution is 0.0287. The molecule has 0 spiro atoms. The number of nitrogens with zero attached hydrogens (tertiary/aromatic N) is 1. The first-order chi connectivity index (χ1) is 9.10. The van der Waals surface area contributed by atoms with E-state index in [4.69, 9.17) is 4.74 Å². The fraction of sp³-hybridized carbons (Fsp3) is 0.533. The Balaban J connectivity index is 1.86. The molecule has 0 saturated carbocycles. The van der Waals surface area contributed by atoms with Crippen LogP contribution in [0.1, 0.15) is 18.9 Å². The van der Waals surface area contributed by atoms with Gasteiger partial charge in [0.2, 0.25) is 0 Å². The van der Waals surface area contributed by atoms with Gasteiger partial charge in [0.15, 0.2) is 0 Å². The molecule has 0 radical (unpaired) electrons. The van der Waals surface area contributed by atoms with Gasteiger partial charge in [-0.05, 0) is 38.4 Å². The summed E-state index contributed by atoms with van der Waals surface area (Å²) in [6.07, 6.45) is 0.856. The summed E-state index contributed by atoms with van der Waals surface area (Å²) in [6.45, 7) is 6.67. The highest BCUT2D eigenvalue weighted by Gasteiger charge is 2.48. The summed E-state index contributed by atoms with van der Waals surface area (Å²) in [5.41, 5.74) is 1.69. The Hall–Kier alpha value is -1.55. The number of nitrogens with one attached hydrogen (secondary N) is 1. The van der Waals surface area contributed by atoms with Crippen LogP contribution in [-0.2, 0) is 4.74 Å².